The maximum absolute atomic E-state index is 12.5. The first-order valence-corrected chi connectivity index (χ1v) is 6.98. The smallest absolute Gasteiger partial charge is 0.203 e. The molecule has 0 aliphatic carbocycles. The third kappa shape index (κ3) is 2.65. The van der Waals surface area contributed by atoms with E-state index in [9.17, 15) is 4.79 Å². The van der Waals surface area contributed by atoms with Crippen LogP contribution in [0.4, 0.5) is 0 Å². The molecule has 0 saturated heterocycles. The van der Waals surface area contributed by atoms with Gasteiger partial charge in [-0.05, 0) is 23.1 Å². The first kappa shape index (κ1) is 13.3. The van der Waals surface area contributed by atoms with Crippen molar-refractivity contribution in [3.63, 3.8) is 0 Å². The topological polar surface area (TPSA) is 17.1 Å². The van der Waals surface area contributed by atoms with Gasteiger partial charge in [-0.2, -0.15) is 0 Å². The summed E-state index contributed by atoms with van der Waals surface area (Å²) in [7, 11) is 0. The van der Waals surface area contributed by atoms with Crippen molar-refractivity contribution in [3.05, 3.63) is 56.7 Å². The number of hydrogen-bond acceptors (Lipinski definition) is 2. The second-order valence-electron chi connectivity index (χ2n) is 5.23. The van der Waals surface area contributed by atoms with Crippen molar-refractivity contribution in [2.75, 3.05) is 0 Å². The lowest BCUT2D eigenvalue weighted by atomic mass is 9.82. The Balaban J connectivity index is 2.49. The highest BCUT2D eigenvalue weighted by molar-refractivity contribution is 7.18. The number of rotatable bonds is 2. The molecule has 0 saturated carbocycles. The van der Waals surface area contributed by atoms with E-state index in [4.69, 9.17) is 11.6 Å². The van der Waals surface area contributed by atoms with Crippen molar-refractivity contribution in [3.8, 4) is 0 Å². The van der Waals surface area contributed by atoms with E-state index in [2.05, 4.69) is 20.8 Å². The van der Waals surface area contributed by atoms with Gasteiger partial charge in [-0.15, -0.1) is 11.3 Å². The first-order chi connectivity index (χ1) is 8.39. The lowest BCUT2D eigenvalue weighted by Crippen LogP contribution is -2.16. The molecule has 1 aromatic carbocycles. The molecular weight excluding hydrogens is 264 g/mol. The van der Waals surface area contributed by atoms with Crippen LogP contribution in [0.5, 0.6) is 0 Å². The fraction of sp³-hybridized carbons (Fsp3) is 0.267. The van der Waals surface area contributed by atoms with Gasteiger partial charge in [-0.25, -0.2) is 0 Å². The van der Waals surface area contributed by atoms with Crippen LogP contribution >= 0.6 is 22.9 Å². The van der Waals surface area contributed by atoms with Gasteiger partial charge in [-0.3, -0.25) is 4.79 Å². The quantitative estimate of drug-likeness (QED) is 0.712. The van der Waals surface area contributed by atoms with E-state index in [1.54, 1.807) is 12.1 Å². The Hall–Kier alpha value is -1.12. The fourth-order valence-electron chi connectivity index (χ4n) is 1.90. The third-order valence-electron chi connectivity index (χ3n) is 2.78. The molecule has 2 rings (SSSR count). The average Bonchev–Trinajstić information content (AvgIpc) is 2.74. The standard InChI is InChI=1S/C15H15ClOS/c1-15(2,3)11-7-5-4-6-10(11)14(17)12-8-9-13(16)18-12/h4-9H,1-3H3. The molecule has 2 aromatic rings. The highest BCUT2D eigenvalue weighted by atomic mass is 35.5. The van der Waals surface area contributed by atoms with E-state index in [0.717, 1.165) is 11.1 Å². The third-order valence-corrected chi connectivity index (χ3v) is 4.01. The molecule has 1 heterocycles. The van der Waals surface area contributed by atoms with Crippen LogP contribution in [0.3, 0.4) is 0 Å². The fourth-order valence-corrected chi connectivity index (χ4v) is 2.90. The van der Waals surface area contributed by atoms with E-state index >= 15 is 0 Å². The van der Waals surface area contributed by atoms with Gasteiger partial charge in [0.2, 0.25) is 5.78 Å². The molecule has 0 aliphatic heterocycles. The molecule has 0 N–H and O–H groups in total. The number of halogens is 1. The van der Waals surface area contributed by atoms with Crippen molar-refractivity contribution in [2.24, 2.45) is 0 Å². The molecule has 0 spiro atoms. The zero-order chi connectivity index (χ0) is 13.3. The Morgan fingerprint density at radius 3 is 2.33 bits per heavy atom. The SMILES string of the molecule is CC(C)(C)c1ccccc1C(=O)c1ccc(Cl)s1. The van der Waals surface area contributed by atoms with Gasteiger partial charge < -0.3 is 0 Å². The summed E-state index contributed by atoms with van der Waals surface area (Å²) in [6, 6.07) is 11.3. The Morgan fingerprint density at radius 1 is 1.11 bits per heavy atom. The Bertz CT molecular complexity index is 578. The van der Waals surface area contributed by atoms with Crippen LogP contribution in [0.1, 0.15) is 41.6 Å². The van der Waals surface area contributed by atoms with Gasteiger partial charge >= 0.3 is 0 Å². The second-order valence-corrected chi connectivity index (χ2v) is 6.94. The molecule has 0 amide bonds. The second kappa shape index (κ2) is 4.87. The predicted octanol–water partition coefficient (Wildman–Crippen LogP) is 4.93. The van der Waals surface area contributed by atoms with Crippen LogP contribution < -0.4 is 0 Å². The number of carbonyl (C=O) groups is 1. The molecule has 1 aromatic heterocycles. The van der Waals surface area contributed by atoms with Crippen molar-refractivity contribution in [1.29, 1.82) is 0 Å². The monoisotopic (exact) mass is 278 g/mol. The minimum absolute atomic E-state index is 0.0483. The maximum atomic E-state index is 12.5. The summed E-state index contributed by atoms with van der Waals surface area (Å²) in [6.45, 7) is 6.33. The van der Waals surface area contributed by atoms with Gasteiger partial charge in [-0.1, -0.05) is 56.6 Å². The van der Waals surface area contributed by atoms with Gasteiger partial charge in [0.25, 0.3) is 0 Å². The van der Waals surface area contributed by atoms with Crippen LogP contribution in [0.2, 0.25) is 4.34 Å². The van der Waals surface area contributed by atoms with Gasteiger partial charge in [0.1, 0.15) is 0 Å². The van der Waals surface area contributed by atoms with E-state index in [1.807, 2.05) is 24.3 Å². The number of ketones is 1. The average molecular weight is 279 g/mol. The highest BCUT2D eigenvalue weighted by Crippen LogP contribution is 2.30. The largest absolute Gasteiger partial charge is 0.288 e. The Labute approximate surface area is 116 Å². The van der Waals surface area contributed by atoms with Crippen LogP contribution in [0.25, 0.3) is 0 Å². The lowest BCUT2D eigenvalue weighted by Gasteiger charge is -2.21. The summed E-state index contributed by atoms with van der Waals surface area (Å²) in [5.74, 6) is 0.0532. The van der Waals surface area contributed by atoms with E-state index in [-0.39, 0.29) is 11.2 Å². The van der Waals surface area contributed by atoms with Gasteiger partial charge in [0.05, 0.1) is 9.21 Å². The molecule has 0 atom stereocenters. The van der Waals surface area contributed by atoms with E-state index < -0.39 is 0 Å². The summed E-state index contributed by atoms with van der Waals surface area (Å²) in [5.41, 5.74) is 1.79. The first-order valence-electron chi connectivity index (χ1n) is 5.79. The Morgan fingerprint density at radius 2 is 1.78 bits per heavy atom. The van der Waals surface area contributed by atoms with Crippen LogP contribution in [0.15, 0.2) is 36.4 Å². The van der Waals surface area contributed by atoms with Gasteiger partial charge in [0, 0.05) is 5.56 Å². The molecule has 0 fully saturated rings. The summed E-state index contributed by atoms with van der Waals surface area (Å²) >= 11 is 7.21. The van der Waals surface area contributed by atoms with Gasteiger partial charge in [0.15, 0.2) is 0 Å². The summed E-state index contributed by atoms with van der Waals surface area (Å²) in [5, 5.41) is 0. The molecule has 3 heteroatoms. The van der Waals surface area contributed by atoms with E-state index in [0.29, 0.717) is 9.21 Å². The van der Waals surface area contributed by atoms with Crippen molar-refractivity contribution in [1.82, 2.24) is 0 Å². The zero-order valence-electron chi connectivity index (χ0n) is 10.7. The number of benzene rings is 1. The highest BCUT2D eigenvalue weighted by Gasteiger charge is 2.22. The summed E-state index contributed by atoms with van der Waals surface area (Å²) < 4.78 is 0.645. The van der Waals surface area contributed by atoms with Crippen molar-refractivity contribution < 1.29 is 4.79 Å². The minimum atomic E-state index is -0.0483. The molecule has 1 nitrogen and oxygen atoms in total. The number of thiophene rings is 1. The zero-order valence-corrected chi connectivity index (χ0v) is 12.2. The summed E-state index contributed by atoms with van der Waals surface area (Å²) in [4.78, 5) is 13.2. The molecule has 0 unspecified atom stereocenters. The van der Waals surface area contributed by atoms with Crippen molar-refractivity contribution >= 4 is 28.7 Å². The van der Waals surface area contributed by atoms with Crippen molar-refractivity contribution in [2.45, 2.75) is 26.2 Å². The molecule has 0 radical (unpaired) electrons. The molecule has 0 bridgehead atoms. The summed E-state index contributed by atoms with van der Waals surface area (Å²) in [6.07, 6.45) is 0. The van der Waals surface area contributed by atoms with E-state index in [1.165, 1.54) is 11.3 Å². The predicted molar refractivity (Wildman–Crippen MR) is 77.9 cm³/mol. The Kier molecular flexibility index (Phi) is 3.60. The van der Waals surface area contributed by atoms with Crippen LogP contribution in [-0.2, 0) is 5.41 Å². The molecular formula is C15H15ClOS. The van der Waals surface area contributed by atoms with Crippen LogP contribution in [0, 0.1) is 0 Å². The molecule has 94 valence electrons. The minimum Gasteiger partial charge on any atom is -0.288 e. The lowest BCUT2D eigenvalue weighted by molar-refractivity contribution is 0.104. The maximum Gasteiger partial charge on any atom is 0.203 e. The number of carbonyl (C=O) groups excluding carboxylic acids is 1. The number of hydrogen-bond donors (Lipinski definition) is 0. The molecule has 0 aliphatic rings. The molecule has 18 heavy (non-hydrogen) atoms. The normalized spacial score (nSPS) is 11.6. The van der Waals surface area contributed by atoms with Crippen LogP contribution in [-0.4, -0.2) is 5.78 Å².